The Morgan fingerprint density at radius 1 is 1.17 bits per heavy atom. The Morgan fingerprint density at radius 3 is 2.08 bits per heavy atom. The lowest BCUT2D eigenvalue weighted by Crippen LogP contribution is -2.04. The van der Waals surface area contributed by atoms with Crippen molar-refractivity contribution in [3.05, 3.63) is 41.6 Å². The minimum Gasteiger partial charge on any atom is -0.294 e. The van der Waals surface area contributed by atoms with E-state index in [0.29, 0.717) is 11.5 Å². The number of hydrogen-bond donors (Lipinski definition) is 0. The van der Waals surface area contributed by atoms with Gasteiger partial charge in [0.05, 0.1) is 0 Å². The SMILES string of the molecule is C[C](C)C(=O)c1ccc(F)cc1. The van der Waals surface area contributed by atoms with Crippen LogP contribution in [-0.2, 0) is 0 Å². The van der Waals surface area contributed by atoms with Crippen molar-refractivity contribution in [2.75, 3.05) is 0 Å². The molecule has 1 nitrogen and oxygen atoms in total. The fraction of sp³-hybridized carbons (Fsp3) is 0.200. The summed E-state index contributed by atoms with van der Waals surface area (Å²) in [5.41, 5.74) is 0.538. The molecule has 0 saturated heterocycles. The topological polar surface area (TPSA) is 17.1 Å². The van der Waals surface area contributed by atoms with Crippen LogP contribution in [0.5, 0.6) is 0 Å². The molecule has 0 aromatic heterocycles. The third-order valence-corrected chi connectivity index (χ3v) is 1.56. The van der Waals surface area contributed by atoms with Crippen LogP contribution in [-0.4, -0.2) is 5.78 Å². The van der Waals surface area contributed by atoms with E-state index in [-0.39, 0.29) is 11.6 Å². The molecule has 0 bridgehead atoms. The zero-order valence-corrected chi connectivity index (χ0v) is 7.10. The number of hydrogen-bond acceptors (Lipinski definition) is 1. The third kappa shape index (κ3) is 1.91. The maximum absolute atomic E-state index is 12.4. The smallest absolute Gasteiger partial charge is 0.169 e. The summed E-state index contributed by atoms with van der Waals surface area (Å²) < 4.78 is 12.4. The number of carbonyl (C=O) groups is 1. The molecule has 0 aliphatic heterocycles. The summed E-state index contributed by atoms with van der Waals surface area (Å²) in [5, 5.41) is 0. The second-order valence-electron chi connectivity index (χ2n) is 2.84. The molecule has 0 spiro atoms. The van der Waals surface area contributed by atoms with Crippen LogP contribution >= 0.6 is 0 Å². The van der Waals surface area contributed by atoms with Gasteiger partial charge in [-0.2, -0.15) is 0 Å². The Kier molecular flexibility index (Phi) is 2.58. The summed E-state index contributed by atoms with van der Waals surface area (Å²) >= 11 is 0. The lowest BCUT2D eigenvalue weighted by atomic mass is 10.0. The average molecular weight is 165 g/mol. The highest BCUT2D eigenvalue weighted by Gasteiger charge is 2.09. The van der Waals surface area contributed by atoms with Crippen molar-refractivity contribution in [2.24, 2.45) is 0 Å². The lowest BCUT2D eigenvalue weighted by Gasteiger charge is -2.01. The first-order chi connectivity index (χ1) is 5.61. The Hall–Kier alpha value is -1.18. The Labute approximate surface area is 71.2 Å². The summed E-state index contributed by atoms with van der Waals surface area (Å²) in [7, 11) is 0. The Bertz CT molecular complexity index is 274. The standard InChI is InChI=1S/C10H10FO/c1-7(2)10(12)8-3-5-9(11)6-4-8/h3-6H,1-2H3. The lowest BCUT2D eigenvalue weighted by molar-refractivity contribution is 0.101. The zero-order valence-electron chi connectivity index (χ0n) is 7.10. The van der Waals surface area contributed by atoms with E-state index in [0.717, 1.165) is 0 Å². The van der Waals surface area contributed by atoms with Crippen molar-refractivity contribution in [2.45, 2.75) is 13.8 Å². The zero-order chi connectivity index (χ0) is 9.14. The van der Waals surface area contributed by atoms with E-state index in [1.165, 1.54) is 24.3 Å². The van der Waals surface area contributed by atoms with Gasteiger partial charge in [0.1, 0.15) is 5.82 Å². The van der Waals surface area contributed by atoms with E-state index in [4.69, 9.17) is 0 Å². The molecule has 0 unspecified atom stereocenters. The first-order valence-electron chi connectivity index (χ1n) is 3.71. The van der Waals surface area contributed by atoms with Crippen LogP contribution in [0.2, 0.25) is 0 Å². The van der Waals surface area contributed by atoms with Crippen molar-refractivity contribution in [1.29, 1.82) is 0 Å². The van der Waals surface area contributed by atoms with Crippen molar-refractivity contribution < 1.29 is 9.18 Å². The molecule has 1 rings (SSSR count). The van der Waals surface area contributed by atoms with Gasteiger partial charge in [-0.15, -0.1) is 0 Å². The van der Waals surface area contributed by atoms with E-state index >= 15 is 0 Å². The summed E-state index contributed by atoms with van der Waals surface area (Å²) in [5.74, 6) is 0.358. The molecule has 63 valence electrons. The number of Topliss-reactive ketones (excluding diaryl/α,β-unsaturated/α-hetero) is 1. The van der Waals surface area contributed by atoms with Crippen molar-refractivity contribution in [3.63, 3.8) is 0 Å². The number of rotatable bonds is 2. The molecule has 0 N–H and O–H groups in total. The first kappa shape index (κ1) is 8.91. The van der Waals surface area contributed by atoms with E-state index in [9.17, 15) is 9.18 Å². The Morgan fingerprint density at radius 2 is 1.67 bits per heavy atom. The molecule has 0 saturated carbocycles. The molecule has 2 heteroatoms. The van der Waals surface area contributed by atoms with Gasteiger partial charge < -0.3 is 0 Å². The molecule has 0 heterocycles. The van der Waals surface area contributed by atoms with E-state index < -0.39 is 0 Å². The molecule has 0 amide bonds. The molecule has 0 aliphatic carbocycles. The quantitative estimate of drug-likeness (QED) is 0.615. The maximum atomic E-state index is 12.4. The largest absolute Gasteiger partial charge is 0.294 e. The second kappa shape index (κ2) is 3.48. The normalized spacial score (nSPS) is 10.3. The molecule has 12 heavy (non-hydrogen) atoms. The highest BCUT2D eigenvalue weighted by Crippen LogP contribution is 2.10. The van der Waals surface area contributed by atoms with Crippen LogP contribution < -0.4 is 0 Å². The fourth-order valence-corrected chi connectivity index (χ4v) is 0.890. The number of ketones is 1. The monoisotopic (exact) mass is 165 g/mol. The van der Waals surface area contributed by atoms with Crippen LogP contribution in [0.4, 0.5) is 4.39 Å². The summed E-state index contributed by atoms with van der Waals surface area (Å²) in [6.07, 6.45) is 0. The minimum atomic E-state index is -0.319. The molecule has 1 radical (unpaired) electrons. The molecule has 1 aromatic rings. The van der Waals surface area contributed by atoms with Gasteiger partial charge in [-0.25, -0.2) is 4.39 Å². The summed E-state index contributed by atoms with van der Waals surface area (Å²) in [4.78, 5) is 11.3. The van der Waals surface area contributed by atoms with Gasteiger partial charge in [-0.3, -0.25) is 4.79 Å². The Balaban J connectivity index is 2.90. The van der Waals surface area contributed by atoms with Crippen molar-refractivity contribution in [1.82, 2.24) is 0 Å². The number of carbonyl (C=O) groups excluding carboxylic acids is 1. The van der Waals surface area contributed by atoms with Gasteiger partial charge in [0.15, 0.2) is 5.78 Å². The molecule has 0 aliphatic rings. The van der Waals surface area contributed by atoms with Gasteiger partial charge in [-0.05, 0) is 24.3 Å². The molecule has 0 atom stereocenters. The van der Waals surface area contributed by atoms with E-state index in [1.54, 1.807) is 13.8 Å². The summed E-state index contributed by atoms with van der Waals surface area (Å²) in [6.45, 7) is 3.48. The van der Waals surface area contributed by atoms with Crippen molar-refractivity contribution in [3.8, 4) is 0 Å². The van der Waals surface area contributed by atoms with Gasteiger partial charge in [0.2, 0.25) is 0 Å². The molecular formula is C10H10FO. The molecular weight excluding hydrogens is 155 g/mol. The van der Waals surface area contributed by atoms with Crippen molar-refractivity contribution >= 4 is 5.78 Å². The van der Waals surface area contributed by atoms with Crippen LogP contribution in [0.15, 0.2) is 24.3 Å². The third-order valence-electron chi connectivity index (χ3n) is 1.56. The fourth-order valence-electron chi connectivity index (χ4n) is 0.890. The van der Waals surface area contributed by atoms with Gasteiger partial charge >= 0.3 is 0 Å². The minimum absolute atomic E-state index is 0.0324. The highest BCUT2D eigenvalue weighted by atomic mass is 19.1. The van der Waals surface area contributed by atoms with Crippen LogP contribution in [0.1, 0.15) is 24.2 Å². The van der Waals surface area contributed by atoms with Crippen LogP contribution in [0.25, 0.3) is 0 Å². The maximum Gasteiger partial charge on any atom is 0.169 e. The van der Waals surface area contributed by atoms with E-state index in [1.807, 2.05) is 0 Å². The predicted octanol–water partition coefficient (Wildman–Crippen LogP) is 2.62. The predicted molar refractivity (Wildman–Crippen MR) is 45.3 cm³/mol. The molecule has 1 aromatic carbocycles. The summed E-state index contributed by atoms with van der Waals surface area (Å²) in [6, 6.07) is 5.56. The van der Waals surface area contributed by atoms with Gasteiger partial charge in [0, 0.05) is 11.5 Å². The van der Waals surface area contributed by atoms with Crippen LogP contribution in [0.3, 0.4) is 0 Å². The first-order valence-corrected chi connectivity index (χ1v) is 3.71. The van der Waals surface area contributed by atoms with E-state index in [2.05, 4.69) is 0 Å². The van der Waals surface area contributed by atoms with Crippen LogP contribution in [0, 0.1) is 11.7 Å². The molecule has 0 fully saturated rings. The van der Waals surface area contributed by atoms with Gasteiger partial charge in [-0.1, -0.05) is 13.8 Å². The number of halogens is 1. The number of benzene rings is 1. The average Bonchev–Trinajstić information content (AvgIpc) is 2.04. The van der Waals surface area contributed by atoms with Gasteiger partial charge in [0.25, 0.3) is 0 Å². The highest BCUT2D eigenvalue weighted by molar-refractivity contribution is 6.05. The second-order valence-corrected chi connectivity index (χ2v) is 2.84.